The fourth-order valence-electron chi connectivity index (χ4n) is 2.88. The maximum Gasteiger partial charge on any atom is 0.243 e. The molecule has 3 aromatic rings. The van der Waals surface area contributed by atoms with E-state index in [0.717, 1.165) is 22.7 Å². The summed E-state index contributed by atoms with van der Waals surface area (Å²) in [4.78, 5) is 21.3. The first-order valence-corrected chi connectivity index (χ1v) is 8.21. The molecule has 3 rings (SSSR count). The van der Waals surface area contributed by atoms with Gasteiger partial charge in [-0.1, -0.05) is 19.9 Å². The minimum absolute atomic E-state index is 0.0301. The molecule has 0 aliphatic heterocycles. The molecule has 126 valence electrons. The predicted octanol–water partition coefficient (Wildman–Crippen LogP) is 2.84. The number of fused-ring (bicyclic) bond motifs is 1. The molecule has 0 saturated carbocycles. The summed E-state index contributed by atoms with van der Waals surface area (Å²) in [6, 6.07) is 3.71. The molecule has 3 heterocycles. The Hall–Kier alpha value is -2.63. The maximum atomic E-state index is 12.5. The van der Waals surface area contributed by atoms with Crippen LogP contribution in [-0.4, -0.2) is 24.8 Å². The van der Waals surface area contributed by atoms with Gasteiger partial charge in [0, 0.05) is 24.5 Å². The van der Waals surface area contributed by atoms with Crippen molar-refractivity contribution in [2.45, 2.75) is 46.2 Å². The van der Waals surface area contributed by atoms with Crippen LogP contribution >= 0.6 is 0 Å². The van der Waals surface area contributed by atoms with Gasteiger partial charge in [-0.3, -0.25) is 4.79 Å². The molecule has 1 N–H and O–H groups in total. The molecule has 0 spiro atoms. The van der Waals surface area contributed by atoms with Crippen LogP contribution in [-0.2, 0) is 11.3 Å². The molecule has 0 fully saturated rings. The first kappa shape index (κ1) is 16.2. The van der Waals surface area contributed by atoms with Crippen molar-refractivity contribution in [2.24, 2.45) is 0 Å². The van der Waals surface area contributed by atoms with Crippen molar-refractivity contribution in [1.82, 2.24) is 24.3 Å². The molecule has 0 aliphatic rings. The van der Waals surface area contributed by atoms with E-state index in [1.165, 1.54) is 0 Å². The van der Waals surface area contributed by atoms with E-state index in [1.807, 2.05) is 53.5 Å². The first-order valence-electron chi connectivity index (χ1n) is 8.21. The Morgan fingerprint density at radius 1 is 1.25 bits per heavy atom. The highest BCUT2D eigenvalue weighted by molar-refractivity contribution is 5.79. The Labute approximate surface area is 141 Å². The Balaban J connectivity index is 1.73. The third-order valence-electron chi connectivity index (χ3n) is 4.26. The first-order chi connectivity index (χ1) is 11.5. The van der Waals surface area contributed by atoms with Crippen LogP contribution in [0.1, 0.15) is 49.8 Å². The topological polar surface area (TPSA) is 64.2 Å². The van der Waals surface area contributed by atoms with Gasteiger partial charge in [-0.15, -0.1) is 0 Å². The number of pyridine rings is 1. The van der Waals surface area contributed by atoms with E-state index >= 15 is 0 Å². The second-order valence-corrected chi connectivity index (χ2v) is 6.38. The van der Waals surface area contributed by atoms with Gasteiger partial charge in [-0.2, -0.15) is 0 Å². The highest BCUT2D eigenvalue weighted by Crippen LogP contribution is 2.17. The molecule has 0 aromatic carbocycles. The van der Waals surface area contributed by atoms with Gasteiger partial charge >= 0.3 is 0 Å². The number of rotatable bonds is 5. The van der Waals surface area contributed by atoms with Gasteiger partial charge in [0.05, 0.1) is 18.4 Å². The zero-order chi connectivity index (χ0) is 17.3. The summed E-state index contributed by atoms with van der Waals surface area (Å²) in [6.45, 7) is 8.51. The molecular weight excluding hydrogens is 302 g/mol. The number of hydrogen-bond donors (Lipinski definition) is 1. The Morgan fingerprint density at radius 2 is 2.04 bits per heavy atom. The number of carbonyl (C=O) groups is 1. The van der Waals surface area contributed by atoms with E-state index < -0.39 is 0 Å². The summed E-state index contributed by atoms with van der Waals surface area (Å²) >= 11 is 0. The lowest BCUT2D eigenvalue weighted by Gasteiger charge is -2.17. The quantitative estimate of drug-likeness (QED) is 0.784. The van der Waals surface area contributed by atoms with Gasteiger partial charge < -0.3 is 14.3 Å². The van der Waals surface area contributed by atoms with E-state index in [1.54, 1.807) is 6.20 Å². The fourth-order valence-corrected chi connectivity index (χ4v) is 2.88. The molecule has 24 heavy (non-hydrogen) atoms. The highest BCUT2D eigenvalue weighted by Gasteiger charge is 2.19. The predicted molar refractivity (Wildman–Crippen MR) is 92.8 cm³/mol. The third-order valence-corrected chi connectivity index (χ3v) is 4.26. The number of nitrogens with one attached hydrogen (secondary N) is 1. The minimum Gasteiger partial charge on any atom is -0.349 e. The second kappa shape index (κ2) is 6.47. The standard InChI is InChI=1S/C18H23N5O/c1-12(2)16-19-7-9-22(16)14(4)18(24)21-11-15-10-20-17-13(3)6-5-8-23(15)17/h5-10,12,14H,11H2,1-4H3,(H,21,24). The molecule has 0 saturated heterocycles. The van der Waals surface area contributed by atoms with Crippen molar-refractivity contribution < 1.29 is 4.79 Å². The van der Waals surface area contributed by atoms with Gasteiger partial charge in [0.2, 0.25) is 5.91 Å². The van der Waals surface area contributed by atoms with Crippen molar-refractivity contribution in [3.8, 4) is 0 Å². The van der Waals surface area contributed by atoms with Crippen LogP contribution in [0.3, 0.4) is 0 Å². The highest BCUT2D eigenvalue weighted by atomic mass is 16.2. The van der Waals surface area contributed by atoms with E-state index in [2.05, 4.69) is 29.1 Å². The second-order valence-electron chi connectivity index (χ2n) is 6.38. The van der Waals surface area contributed by atoms with Crippen LogP contribution in [0.4, 0.5) is 0 Å². The van der Waals surface area contributed by atoms with Crippen molar-refractivity contribution in [2.75, 3.05) is 0 Å². The Bertz CT molecular complexity index is 861. The van der Waals surface area contributed by atoms with Crippen molar-refractivity contribution in [1.29, 1.82) is 0 Å². The summed E-state index contributed by atoms with van der Waals surface area (Å²) in [6.07, 6.45) is 7.38. The SMILES string of the molecule is Cc1cccn2c(CNC(=O)C(C)n3ccnc3C(C)C)cnc12. The van der Waals surface area contributed by atoms with Crippen LogP contribution < -0.4 is 5.32 Å². The van der Waals surface area contributed by atoms with E-state index in [0.29, 0.717) is 6.54 Å². The minimum atomic E-state index is -0.300. The number of amides is 1. The smallest absolute Gasteiger partial charge is 0.243 e. The van der Waals surface area contributed by atoms with Gasteiger partial charge in [0.1, 0.15) is 17.5 Å². The lowest BCUT2D eigenvalue weighted by Crippen LogP contribution is -2.31. The Kier molecular flexibility index (Phi) is 4.38. The number of imidazole rings is 2. The largest absolute Gasteiger partial charge is 0.349 e. The molecule has 1 atom stereocenters. The lowest BCUT2D eigenvalue weighted by atomic mass is 10.2. The monoisotopic (exact) mass is 325 g/mol. The van der Waals surface area contributed by atoms with Gasteiger partial charge in [0.25, 0.3) is 0 Å². The number of aryl methyl sites for hydroxylation is 1. The molecule has 6 heteroatoms. The number of aromatic nitrogens is 4. The molecule has 0 aliphatic carbocycles. The fraction of sp³-hybridized carbons (Fsp3) is 0.389. The van der Waals surface area contributed by atoms with Crippen molar-refractivity contribution in [3.63, 3.8) is 0 Å². The molecule has 1 unspecified atom stereocenters. The molecule has 0 bridgehead atoms. The van der Waals surface area contributed by atoms with Crippen LogP contribution in [0, 0.1) is 6.92 Å². The van der Waals surface area contributed by atoms with Crippen LogP contribution in [0.5, 0.6) is 0 Å². The van der Waals surface area contributed by atoms with Gasteiger partial charge in [-0.05, 0) is 25.5 Å². The summed E-state index contributed by atoms with van der Waals surface area (Å²) in [5.41, 5.74) is 3.00. The van der Waals surface area contributed by atoms with Crippen molar-refractivity contribution >= 4 is 11.6 Å². The van der Waals surface area contributed by atoms with E-state index in [-0.39, 0.29) is 17.9 Å². The maximum absolute atomic E-state index is 12.5. The zero-order valence-electron chi connectivity index (χ0n) is 14.5. The molecule has 1 amide bonds. The number of hydrogen-bond acceptors (Lipinski definition) is 3. The van der Waals surface area contributed by atoms with Crippen LogP contribution in [0.15, 0.2) is 36.9 Å². The normalized spacial score (nSPS) is 12.7. The average molecular weight is 325 g/mol. The molecule has 0 radical (unpaired) electrons. The number of carbonyl (C=O) groups excluding carboxylic acids is 1. The van der Waals surface area contributed by atoms with Gasteiger partial charge in [0.15, 0.2) is 0 Å². The van der Waals surface area contributed by atoms with Crippen LogP contribution in [0.25, 0.3) is 5.65 Å². The van der Waals surface area contributed by atoms with Crippen LogP contribution in [0.2, 0.25) is 0 Å². The zero-order valence-corrected chi connectivity index (χ0v) is 14.5. The Morgan fingerprint density at radius 3 is 2.79 bits per heavy atom. The molecule has 3 aromatic heterocycles. The summed E-state index contributed by atoms with van der Waals surface area (Å²) in [5.74, 6) is 1.16. The van der Waals surface area contributed by atoms with E-state index in [4.69, 9.17) is 0 Å². The summed E-state index contributed by atoms with van der Waals surface area (Å²) in [7, 11) is 0. The third kappa shape index (κ3) is 2.91. The summed E-state index contributed by atoms with van der Waals surface area (Å²) in [5, 5.41) is 3.00. The number of nitrogens with zero attached hydrogens (tertiary/aromatic N) is 4. The molecular formula is C18H23N5O. The lowest BCUT2D eigenvalue weighted by molar-refractivity contribution is -0.124. The van der Waals surface area contributed by atoms with Crippen molar-refractivity contribution in [3.05, 3.63) is 54.0 Å². The molecule has 6 nitrogen and oxygen atoms in total. The summed E-state index contributed by atoms with van der Waals surface area (Å²) < 4.78 is 3.94. The average Bonchev–Trinajstić information content (AvgIpc) is 3.19. The van der Waals surface area contributed by atoms with Gasteiger partial charge in [-0.25, -0.2) is 9.97 Å². The van der Waals surface area contributed by atoms with E-state index in [9.17, 15) is 4.79 Å².